The van der Waals surface area contributed by atoms with Crippen molar-refractivity contribution in [2.75, 3.05) is 11.8 Å². The molecular weight excluding hydrogens is 407 g/mol. The van der Waals surface area contributed by atoms with Crippen LogP contribution in [-0.4, -0.2) is 23.9 Å². The Morgan fingerprint density at radius 3 is 2.26 bits per heavy atom. The first kappa shape index (κ1) is 18.3. The molecule has 0 saturated carbocycles. The fourth-order valence-corrected chi connectivity index (χ4v) is 5.60. The van der Waals surface area contributed by atoms with Crippen LogP contribution >= 0.6 is 34.5 Å². The molecule has 2 rings (SSSR count). The van der Waals surface area contributed by atoms with Crippen molar-refractivity contribution in [3.63, 3.8) is 0 Å². The SMILES string of the molecule is COc1ccc(NS(=O)(=O)c2cc(Cl)sc2Cl)cc1S(N)(=O)=O. The minimum Gasteiger partial charge on any atom is -0.495 e. The minimum absolute atomic E-state index is 0.00735. The second-order valence-electron chi connectivity index (χ2n) is 4.20. The number of hydrogen-bond acceptors (Lipinski definition) is 6. The molecule has 126 valence electrons. The molecule has 0 saturated heterocycles. The quantitative estimate of drug-likeness (QED) is 0.776. The monoisotopic (exact) mass is 416 g/mol. The third kappa shape index (κ3) is 4.08. The summed E-state index contributed by atoms with van der Waals surface area (Å²) >= 11 is 12.5. The summed E-state index contributed by atoms with van der Waals surface area (Å²) in [7, 11) is -6.87. The van der Waals surface area contributed by atoms with E-state index in [2.05, 4.69) is 4.72 Å². The van der Waals surface area contributed by atoms with Crippen molar-refractivity contribution in [2.24, 2.45) is 5.14 Å². The molecule has 1 aromatic heterocycles. The van der Waals surface area contributed by atoms with Crippen molar-refractivity contribution in [3.8, 4) is 5.75 Å². The normalized spacial score (nSPS) is 12.2. The maximum Gasteiger partial charge on any atom is 0.264 e. The Hall–Kier alpha value is -1.04. The number of anilines is 1. The Bertz CT molecular complexity index is 954. The first-order valence-electron chi connectivity index (χ1n) is 5.73. The maximum absolute atomic E-state index is 12.3. The second-order valence-corrected chi connectivity index (χ2v) is 9.67. The molecule has 12 heteroatoms. The van der Waals surface area contributed by atoms with Crippen LogP contribution in [0.4, 0.5) is 5.69 Å². The number of primary sulfonamides is 1. The van der Waals surface area contributed by atoms with Gasteiger partial charge in [0.15, 0.2) is 0 Å². The zero-order chi connectivity index (χ0) is 17.4. The van der Waals surface area contributed by atoms with Gasteiger partial charge in [0.25, 0.3) is 10.0 Å². The number of benzene rings is 1. The second kappa shape index (κ2) is 6.46. The molecular formula is C11H10Cl2N2O5S3. The number of hydrogen-bond donors (Lipinski definition) is 2. The zero-order valence-corrected chi connectivity index (χ0v) is 15.4. The largest absolute Gasteiger partial charge is 0.495 e. The van der Waals surface area contributed by atoms with Crippen molar-refractivity contribution in [1.82, 2.24) is 0 Å². The van der Waals surface area contributed by atoms with E-state index in [1.165, 1.54) is 25.3 Å². The van der Waals surface area contributed by atoms with E-state index in [4.69, 9.17) is 33.1 Å². The summed E-state index contributed by atoms with van der Waals surface area (Å²) in [5.41, 5.74) is -0.0202. The van der Waals surface area contributed by atoms with Crippen LogP contribution in [0.3, 0.4) is 0 Å². The lowest BCUT2D eigenvalue weighted by atomic mass is 10.3. The van der Waals surface area contributed by atoms with Gasteiger partial charge in [0, 0.05) is 0 Å². The van der Waals surface area contributed by atoms with E-state index in [9.17, 15) is 16.8 Å². The molecule has 0 amide bonds. The molecule has 7 nitrogen and oxygen atoms in total. The molecule has 0 bridgehead atoms. The van der Waals surface area contributed by atoms with Gasteiger partial charge in [-0.15, -0.1) is 11.3 Å². The van der Waals surface area contributed by atoms with Gasteiger partial charge in [0.1, 0.15) is 19.9 Å². The maximum atomic E-state index is 12.3. The minimum atomic E-state index is -4.10. The predicted molar refractivity (Wildman–Crippen MR) is 89.5 cm³/mol. The summed E-state index contributed by atoms with van der Waals surface area (Å²) in [4.78, 5) is -0.559. The molecule has 3 N–H and O–H groups in total. The topological polar surface area (TPSA) is 116 Å². The fraction of sp³-hybridized carbons (Fsp3) is 0.0909. The zero-order valence-electron chi connectivity index (χ0n) is 11.4. The molecule has 0 atom stereocenters. The summed E-state index contributed by atoms with van der Waals surface area (Å²) in [5, 5.41) is 5.08. The van der Waals surface area contributed by atoms with Gasteiger partial charge < -0.3 is 4.74 Å². The lowest BCUT2D eigenvalue weighted by molar-refractivity contribution is 0.403. The van der Waals surface area contributed by atoms with Crippen LogP contribution in [0.1, 0.15) is 0 Å². The van der Waals surface area contributed by atoms with Gasteiger partial charge in [0.2, 0.25) is 10.0 Å². The molecule has 23 heavy (non-hydrogen) atoms. The molecule has 0 aliphatic carbocycles. The number of methoxy groups -OCH3 is 1. The van der Waals surface area contributed by atoms with Crippen LogP contribution in [0.15, 0.2) is 34.1 Å². The van der Waals surface area contributed by atoms with Crippen molar-refractivity contribution in [1.29, 1.82) is 0 Å². The Morgan fingerprint density at radius 1 is 1.13 bits per heavy atom. The third-order valence-corrected chi connectivity index (χ3v) is 6.70. The first-order chi connectivity index (χ1) is 10.5. The van der Waals surface area contributed by atoms with Crippen molar-refractivity contribution in [2.45, 2.75) is 9.79 Å². The lowest BCUT2D eigenvalue weighted by Gasteiger charge is -2.11. The molecule has 0 unspecified atom stereocenters. The third-order valence-electron chi connectivity index (χ3n) is 2.64. The van der Waals surface area contributed by atoms with Gasteiger partial charge in [-0.05, 0) is 24.3 Å². The van der Waals surface area contributed by atoms with Crippen LogP contribution in [-0.2, 0) is 20.0 Å². The van der Waals surface area contributed by atoms with Crippen LogP contribution in [0, 0.1) is 0 Å². The number of thiophene rings is 1. The number of nitrogens with two attached hydrogens (primary N) is 1. The van der Waals surface area contributed by atoms with Crippen LogP contribution in [0.5, 0.6) is 5.75 Å². The van der Waals surface area contributed by atoms with Crippen LogP contribution in [0.25, 0.3) is 0 Å². The average Bonchev–Trinajstić information content (AvgIpc) is 2.77. The van der Waals surface area contributed by atoms with E-state index >= 15 is 0 Å². The number of halogens is 2. The fourth-order valence-electron chi connectivity index (χ4n) is 1.68. The van der Waals surface area contributed by atoms with Gasteiger partial charge >= 0.3 is 0 Å². The van der Waals surface area contributed by atoms with E-state index in [1.807, 2.05) is 0 Å². The van der Waals surface area contributed by atoms with Gasteiger partial charge in [-0.3, -0.25) is 4.72 Å². The Kier molecular flexibility index (Phi) is 5.14. The van der Waals surface area contributed by atoms with Crippen molar-refractivity contribution >= 4 is 60.3 Å². The molecule has 2 aromatic rings. The van der Waals surface area contributed by atoms with E-state index in [1.54, 1.807) is 0 Å². The molecule has 0 aliphatic rings. The van der Waals surface area contributed by atoms with E-state index in [0.29, 0.717) is 0 Å². The van der Waals surface area contributed by atoms with Crippen LogP contribution in [0.2, 0.25) is 8.67 Å². The summed E-state index contributed by atoms with van der Waals surface area (Å²) in [6.45, 7) is 0. The summed E-state index contributed by atoms with van der Waals surface area (Å²) in [6.07, 6.45) is 0. The average molecular weight is 417 g/mol. The van der Waals surface area contributed by atoms with E-state index < -0.39 is 20.0 Å². The van der Waals surface area contributed by atoms with Gasteiger partial charge in [-0.1, -0.05) is 23.2 Å². The highest BCUT2D eigenvalue weighted by molar-refractivity contribution is 7.93. The van der Waals surface area contributed by atoms with E-state index in [-0.39, 0.29) is 29.9 Å². The van der Waals surface area contributed by atoms with Gasteiger partial charge in [-0.25, -0.2) is 22.0 Å². The molecule has 0 radical (unpaired) electrons. The Labute approximate surface area is 147 Å². The van der Waals surface area contributed by atoms with Crippen molar-refractivity contribution in [3.05, 3.63) is 32.9 Å². The Morgan fingerprint density at radius 2 is 1.78 bits per heavy atom. The van der Waals surface area contributed by atoms with Gasteiger partial charge in [-0.2, -0.15) is 0 Å². The number of nitrogens with one attached hydrogen (secondary N) is 1. The standard InChI is InChI=1S/C11H10Cl2N2O5S3/c1-20-7-3-2-6(4-8(7)22(14,16)17)15-23(18,19)9-5-10(12)21-11(9)13/h2-5,15H,1H3,(H2,14,16,17). The number of rotatable bonds is 5. The highest BCUT2D eigenvalue weighted by Crippen LogP contribution is 2.35. The molecule has 1 aromatic carbocycles. The molecule has 0 spiro atoms. The van der Waals surface area contributed by atoms with Crippen LogP contribution < -0.4 is 14.6 Å². The molecule has 0 fully saturated rings. The summed E-state index contributed by atoms with van der Waals surface area (Å²) in [5.74, 6) is -0.00735. The van der Waals surface area contributed by atoms with E-state index in [0.717, 1.165) is 17.4 Å². The predicted octanol–water partition coefficient (Wildman–Crippen LogP) is 2.51. The summed E-state index contributed by atoms with van der Waals surface area (Å²) < 4.78 is 55.0. The lowest BCUT2D eigenvalue weighted by Crippen LogP contribution is -2.16. The molecule has 0 aliphatic heterocycles. The Balaban J connectivity index is 2.46. The van der Waals surface area contributed by atoms with Gasteiger partial charge in [0.05, 0.1) is 17.1 Å². The smallest absolute Gasteiger partial charge is 0.264 e. The highest BCUT2D eigenvalue weighted by Gasteiger charge is 2.23. The van der Waals surface area contributed by atoms with Crippen molar-refractivity contribution < 1.29 is 21.6 Å². The number of ether oxygens (including phenoxy) is 1. The molecule has 1 heterocycles. The first-order valence-corrected chi connectivity index (χ1v) is 10.3. The highest BCUT2D eigenvalue weighted by atomic mass is 35.5. The number of sulfonamides is 2. The summed E-state index contributed by atoms with van der Waals surface area (Å²) in [6, 6.07) is 4.85.